The summed E-state index contributed by atoms with van der Waals surface area (Å²) < 4.78 is 0. The molecule has 1 aromatic heterocycles. The zero-order valence-corrected chi connectivity index (χ0v) is 17.6. The van der Waals surface area contributed by atoms with Gasteiger partial charge >= 0.3 is 0 Å². The van der Waals surface area contributed by atoms with Crippen molar-refractivity contribution in [3.8, 4) is 0 Å². The molecule has 2 aliphatic rings. The Bertz CT molecular complexity index is 906. The number of carbonyl (C=O) groups excluding carboxylic acids is 2. The SMILES string of the molecule is Cc1cc(C(=O)NCc2ccc(CN3CCCC3=O)cc2)nc(N2CCCCC2)n1. The number of amides is 2. The van der Waals surface area contributed by atoms with Crippen LogP contribution in [-0.2, 0) is 17.9 Å². The smallest absolute Gasteiger partial charge is 0.270 e. The largest absolute Gasteiger partial charge is 0.347 e. The van der Waals surface area contributed by atoms with Gasteiger partial charge in [-0.05, 0) is 49.8 Å². The number of hydrogen-bond donors (Lipinski definition) is 1. The number of nitrogens with zero attached hydrogens (tertiary/aromatic N) is 4. The molecule has 0 saturated carbocycles. The number of likely N-dealkylation sites (tertiary alicyclic amines) is 1. The van der Waals surface area contributed by atoms with Gasteiger partial charge in [0.15, 0.2) is 0 Å². The molecule has 2 aromatic rings. The van der Waals surface area contributed by atoms with Gasteiger partial charge in [-0.1, -0.05) is 24.3 Å². The van der Waals surface area contributed by atoms with Gasteiger partial charge in [0, 0.05) is 44.8 Å². The molecule has 0 unspecified atom stereocenters. The highest BCUT2D eigenvalue weighted by Crippen LogP contribution is 2.17. The number of carbonyl (C=O) groups is 2. The zero-order valence-electron chi connectivity index (χ0n) is 17.6. The molecule has 2 aliphatic heterocycles. The molecule has 4 rings (SSSR count). The van der Waals surface area contributed by atoms with Crippen molar-refractivity contribution < 1.29 is 9.59 Å². The molecule has 30 heavy (non-hydrogen) atoms. The Kier molecular flexibility index (Phi) is 6.26. The van der Waals surface area contributed by atoms with Crippen molar-refractivity contribution in [1.29, 1.82) is 0 Å². The molecular formula is C23H29N5O2. The van der Waals surface area contributed by atoms with Gasteiger partial charge in [0.05, 0.1) is 0 Å². The molecule has 2 fully saturated rings. The number of hydrogen-bond acceptors (Lipinski definition) is 5. The summed E-state index contributed by atoms with van der Waals surface area (Å²) >= 11 is 0. The Morgan fingerprint density at radius 1 is 1.00 bits per heavy atom. The molecule has 3 heterocycles. The highest BCUT2D eigenvalue weighted by atomic mass is 16.2. The van der Waals surface area contributed by atoms with Gasteiger partial charge in [-0.3, -0.25) is 9.59 Å². The fourth-order valence-electron chi connectivity index (χ4n) is 4.03. The van der Waals surface area contributed by atoms with Gasteiger partial charge in [0.25, 0.3) is 5.91 Å². The maximum Gasteiger partial charge on any atom is 0.270 e. The minimum Gasteiger partial charge on any atom is -0.347 e. The van der Waals surface area contributed by atoms with Crippen LogP contribution in [0.4, 0.5) is 5.95 Å². The number of anilines is 1. The van der Waals surface area contributed by atoms with E-state index in [2.05, 4.69) is 20.2 Å². The van der Waals surface area contributed by atoms with Crippen LogP contribution >= 0.6 is 0 Å². The van der Waals surface area contributed by atoms with Crippen LogP contribution in [0.15, 0.2) is 30.3 Å². The quantitative estimate of drug-likeness (QED) is 0.797. The van der Waals surface area contributed by atoms with Gasteiger partial charge in [0.2, 0.25) is 11.9 Å². The summed E-state index contributed by atoms with van der Waals surface area (Å²) in [6, 6.07) is 9.78. The topological polar surface area (TPSA) is 78.4 Å². The van der Waals surface area contributed by atoms with Crippen LogP contribution in [0.25, 0.3) is 0 Å². The maximum atomic E-state index is 12.7. The fourth-order valence-corrected chi connectivity index (χ4v) is 4.03. The van der Waals surface area contributed by atoms with Crippen molar-refractivity contribution in [2.45, 2.75) is 52.1 Å². The van der Waals surface area contributed by atoms with Crippen LogP contribution in [0.1, 0.15) is 59.4 Å². The van der Waals surface area contributed by atoms with E-state index in [1.807, 2.05) is 36.1 Å². The van der Waals surface area contributed by atoms with Gasteiger partial charge in [-0.15, -0.1) is 0 Å². The molecule has 1 N–H and O–H groups in total. The van der Waals surface area contributed by atoms with Crippen molar-refractivity contribution >= 4 is 17.8 Å². The molecule has 0 radical (unpaired) electrons. The Morgan fingerprint density at radius 3 is 2.43 bits per heavy atom. The lowest BCUT2D eigenvalue weighted by Gasteiger charge is -2.27. The fraction of sp³-hybridized carbons (Fsp3) is 0.478. The Balaban J connectivity index is 1.35. The summed E-state index contributed by atoms with van der Waals surface area (Å²) in [6.45, 7) is 5.72. The van der Waals surface area contributed by atoms with Crippen LogP contribution in [0.3, 0.4) is 0 Å². The number of aromatic nitrogens is 2. The predicted octanol–water partition coefficient (Wildman–Crippen LogP) is 2.83. The van der Waals surface area contributed by atoms with Crippen molar-refractivity contribution in [3.63, 3.8) is 0 Å². The number of nitrogens with one attached hydrogen (secondary N) is 1. The van der Waals surface area contributed by atoms with Crippen LogP contribution < -0.4 is 10.2 Å². The second-order valence-corrected chi connectivity index (χ2v) is 8.16. The summed E-state index contributed by atoms with van der Waals surface area (Å²) in [5.41, 5.74) is 3.34. The second-order valence-electron chi connectivity index (χ2n) is 8.16. The number of rotatable bonds is 6. The lowest BCUT2D eigenvalue weighted by atomic mass is 10.1. The average Bonchev–Trinajstić information content (AvgIpc) is 3.17. The molecule has 7 heteroatoms. The first-order chi connectivity index (χ1) is 14.6. The van der Waals surface area contributed by atoms with Gasteiger partial charge in [0.1, 0.15) is 5.69 Å². The molecule has 0 spiro atoms. The van der Waals surface area contributed by atoms with Gasteiger partial charge < -0.3 is 15.1 Å². The molecule has 1 aromatic carbocycles. The van der Waals surface area contributed by atoms with Crippen LogP contribution in [0, 0.1) is 6.92 Å². The first-order valence-electron chi connectivity index (χ1n) is 10.8. The predicted molar refractivity (Wildman–Crippen MR) is 115 cm³/mol. The minimum atomic E-state index is -0.189. The van der Waals surface area contributed by atoms with Crippen molar-refractivity contribution in [2.75, 3.05) is 24.5 Å². The molecule has 2 saturated heterocycles. The number of piperidine rings is 1. The summed E-state index contributed by atoms with van der Waals surface area (Å²) in [5, 5.41) is 2.96. The van der Waals surface area contributed by atoms with Gasteiger partial charge in [-0.2, -0.15) is 0 Å². The number of benzene rings is 1. The van der Waals surface area contributed by atoms with Crippen LogP contribution in [-0.4, -0.2) is 46.3 Å². The number of aryl methyl sites for hydroxylation is 1. The van der Waals surface area contributed by atoms with E-state index in [-0.39, 0.29) is 11.8 Å². The van der Waals surface area contributed by atoms with E-state index in [1.165, 1.54) is 6.42 Å². The summed E-state index contributed by atoms with van der Waals surface area (Å²) in [5.74, 6) is 0.696. The van der Waals surface area contributed by atoms with Crippen LogP contribution in [0.2, 0.25) is 0 Å². The third kappa shape index (κ3) is 4.96. The van der Waals surface area contributed by atoms with E-state index < -0.39 is 0 Å². The first-order valence-corrected chi connectivity index (χ1v) is 10.8. The second kappa shape index (κ2) is 9.24. The van der Waals surface area contributed by atoms with Gasteiger partial charge in [-0.25, -0.2) is 9.97 Å². The summed E-state index contributed by atoms with van der Waals surface area (Å²) in [4.78, 5) is 37.5. The highest BCUT2D eigenvalue weighted by Gasteiger charge is 2.20. The molecule has 7 nitrogen and oxygen atoms in total. The lowest BCUT2D eigenvalue weighted by Crippen LogP contribution is -2.32. The molecule has 0 atom stereocenters. The third-order valence-corrected chi connectivity index (χ3v) is 5.73. The monoisotopic (exact) mass is 407 g/mol. The Morgan fingerprint density at radius 2 is 1.73 bits per heavy atom. The standard InChI is InChI=1S/C23H29N5O2/c1-17-14-20(26-23(25-17)27-11-3-2-4-12-27)22(30)24-15-18-7-9-19(10-8-18)16-28-13-5-6-21(28)29/h7-10,14H,2-6,11-13,15-16H2,1H3,(H,24,30). The van der Waals surface area contributed by atoms with E-state index in [0.29, 0.717) is 31.2 Å². The third-order valence-electron chi connectivity index (χ3n) is 5.73. The highest BCUT2D eigenvalue weighted by molar-refractivity contribution is 5.92. The maximum absolute atomic E-state index is 12.7. The van der Waals surface area contributed by atoms with Crippen molar-refractivity contribution in [2.24, 2.45) is 0 Å². The zero-order chi connectivity index (χ0) is 20.9. The molecule has 2 amide bonds. The van der Waals surface area contributed by atoms with E-state index in [1.54, 1.807) is 6.07 Å². The van der Waals surface area contributed by atoms with Crippen LogP contribution in [0.5, 0.6) is 0 Å². The molecule has 0 bridgehead atoms. The average molecular weight is 408 g/mol. The van der Waals surface area contributed by atoms with E-state index in [9.17, 15) is 9.59 Å². The van der Waals surface area contributed by atoms with E-state index in [0.717, 1.165) is 55.7 Å². The van der Waals surface area contributed by atoms with E-state index >= 15 is 0 Å². The Hall–Kier alpha value is -2.96. The van der Waals surface area contributed by atoms with Crippen molar-refractivity contribution in [3.05, 3.63) is 52.8 Å². The lowest BCUT2D eigenvalue weighted by molar-refractivity contribution is -0.128. The normalized spacial score (nSPS) is 16.8. The van der Waals surface area contributed by atoms with Crippen molar-refractivity contribution in [1.82, 2.24) is 20.2 Å². The summed E-state index contributed by atoms with van der Waals surface area (Å²) in [6.07, 6.45) is 5.13. The Labute approximate surface area is 177 Å². The first kappa shape index (κ1) is 20.3. The van der Waals surface area contributed by atoms with E-state index in [4.69, 9.17) is 0 Å². The summed E-state index contributed by atoms with van der Waals surface area (Å²) in [7, 11) is 0. The minimum absolute atomic E-state index is 0.189. The molecule has 0 aliphatic carbocycles. The molecule has 158 valence electrons. The molecular weight excluding hydrogens is 378 g/mol.